The third kappa shape index (κ3) is 3.58. The van der Waals surface area contributed by atoms with E-state index in [1.807, 2.05) is 30.3 Å². The lowest BCUT2D eigenvalue weighted by Gasteiger charge is -2.45. The lowest BCUT2D eigenvalue weighted by atomic mass is 9.67. The molecule has 6 heteroatoms. The molecule has 1 aromatic heterocycles. The number of hydrogen-bond donors (Lipinski definition) is 2. The fourth-order valence-corrected chi connectivity index (χ4v) is 4.50. The highest BCUT2D eigenvalue weighted by Gasteiger charge is 2.40. The molecule has 2 unspecified atom stereocenters. The van der Waals surface area contributed by atoms with Gasteiger partial charge in [0.15, 0.2) is 5.69 Å². The van der Waals surface area contributed by atoms with E-state index in [1.165, 1.54) is 6.42 Å². The van der Waals surface area contributed by atoms with Crippen molar-refractivity contribution >= 4 is 5.91 Å². The minimum Gasteiger partial charge on any atom is -0.347 e. The summed E-state index contributed by atoms with van der Waals surface area (Å²) >= 11 is 0. The monoisotopic (exact) mass is 339 g/mol. The number of hydrogen-bond acceptors (Lipinski definition) is 4. The van der Waals surface area contributed by atoms with Gasteiger partial charge < -0.3 is 11.1 Å². The molecule has 2 aliphatic carbocycles. The van der Waals surface area contributed by atoms with Crippen LogP contribution in [0, 0.1) is 11.8 Å². The fraction of sp³-hybridized carbons (Fsp3) is 0.526. The number of nitrogens with one attached hydrogen (secondary N) is 1. The summed E-state index contributed by atoms with van der Waals surface area (Å²) in [5.41, 5.74) is 7.69. The maximum absolute atomic E-state index is 12.6. The van der Waals surface area contributed by atoms with Crippen LogP contribution in [0.4, 0.5) is 0 Å². The van der Waals surface area contributed by atoms with E-state index >= 15 is 0 Å². The van der Waals surface area contributed by atoms with Crippen molar-refractivity contribution in [2.24, 2.45) is 17.6 Å². The van der Waals surface area contributed by atoms with E-state index in [0.29, 0.717) is 24.1 Å². The lowest BCUT2D eigenvalue weighted by Crippen LogP contribution is -2.53. The molecule has 1 amide bonds. The zero-order chi connectivity index (χ0) is 17.2. The molecule has 25 heavy (non-hydrogen) atoms. The van der Waals surface area contributed by atoms with Crippen LogP contribution in [0.25, 0.3) is 0 Å². The molecule has 1 aromatic carbocycles. The Hall–Kier alpha value is -2.21. The summed E-state index contributed by atoms with van der Waals surface area (Å²) in [6, 6.07) is 10.6. The molecular formula is C19H25N5O. The summed E-state index contributed by atoms with van der Waals surface area (Å²) in [7, 11) is 0. The summed E-state index contributed by atoms with van der Waals surface area (Å²) in [4.78, 5) is 12.6. The molecule has 4 rings (SSSR count). The van der Waals surface area contributed by atoms with Crippen LogP contribution in [0.15, 0.2) is 36.5 Å². The molecule has 2 atom stereocenters. The smallest absolute Gasteiger partial charge is 0.273 e. The molecule has 0 aliphatic heterocycles. The largest absolute Gasteiger partial charge is 0.347 e. The van der Waals surface area contributed by atoms with Crippen molar-refractivity contribution in [3.8, 4) is 0 Å². The second kappa shape index (κ2) is 6.96. The number of nitrogens with zero attached hydrogens (tertiary/aromatic N) is 3. The summed E-state index contributed by atoms with van der Waals surface area (Å²) in [6.07, 6.45) is 7.34. The zero-order valence-electron chi connectivity index (χ0n) is 14.3. The molecule has 3 N–H and O–H groups in total. The molecule has 2 aliphatic rings. The Morgan fingerprint density at radius 2 is 1.92 bits per heavy atom. The number of aromatic nitrogens is 3. The van der Waals surface area contributed by atoms with E-state index in [1.54, 1.807) is 10.9 Å². The number of benzene rings is 1. The third-order valence-electron chi connectivity index (χ3n) is 5.63. The van der Waals surface area contributed by atoms with E-state index in [9.17, 15) is 4.79 Å². The molecule has 132 valence electrons. The van der Waals surface area contributed by atoms with E-state index in [-0.39, 0.29) is 18.0 Å². The van der Waals surface area contributed by atoms with Crippen LogP contribution < -0.4 is 11.1 Å². The first kappa shape index (κ1) is 16.3. The fourth-order valence-electron chi connectivity index (χ4n) is 4.50. The van der Waals surface area contributed by atoms with Gasteiger partial charge in [-0.2, -0.15) is 0 Å². The molecule has 2 fully saturated rings. The number of amides is 1. The molecule has 2 saturated carbocycles. The Kier molecular flexibility index (Phi) is 4.53. The summed E-state index contributed by atoms with van der Waals surface area (Å²) in [5, 5.41) is 11.4. The number of carbonyl (C=O) groups is 1. The molecule has 2 bridgehead atoms. The predicted octanol–water partition coefficient (Wildman–Crippen LogP) is 1.96. The first-order chi connectivity index (χ1) is 12.2. The molecule has 1 heterocycles. The minimum absolute atomic E-state index is 0.114. The van der Waals surface area contributed by atoms with Crippen molar-refractivity contribution in [2.45, 2.75) is 50.7 Å². The maximum Gasteiger partial charge on any atom is 0.273 e. The molecule has 6 nitrogen and oxygen atoms in total. The van der Waals surface area contributed by atoms with Crippen molar-refractivity contribution in [1.82, 2.24) is 20.3 Å². The van der Waals surface area contributed by atoms with Gasteiger partial charge >= 0.3 is 0 Å². The van der Waals surface area contributed by atoms with E-state index < -0.39 is 0 Å². The van der Waals surface area contributed by atoms with Crippen LogP contribution >= 0.6 is 0 Å². The van der Waals surface area contributed by atoms with Crippen LogP contribution in [-0.4, -0.2) is 33.0 Å². The second-order valence-electron chi connectivity index (χ2n) is 7.47. The number of carbonyl (C=O) groups excluding carboxylic acids is 1. The maximum atomic E-state index is 12.6. The van der Waals surface area contributed by atoms with Gasteiger partial charge in [0.05, 0.1) is 12.7 Å². The highest BCUT2D eigenvalue weighted by molar-refractivity contribution is 5.92. The van der Waals surface area contributed by atoms with Gasteiger partial charge in [-0.15, -0.1) is 5.10 Å². The molecule has 0 spiro atoms. The zero-order valence-corrected chi connectivity index (χ0v) is 14.3. The van der Waals surface area contributed by atoms with Crippen LogP contribution in [0.1, 0.15) is 48.2 Å². The molecule has 0 saturated heterocycles. The topological polar surface area (TPSA) is 85.8 Å². The Morgan fingerprint density at radius 1 is 1.20 bits per heavy atom. The lowest BCUT2D eigenvalue weighted by molar-refractivity contribution is 0.0751. The van der Waals surface area contributed by atoms with E-state index in [0.717, 1.165) is 31.2 Å². The Morgan fingerprint density at radius 3 is 2.64 bits per heavy atom. The average molecular weight is 339 g/mol. The second-order valence-corrected chi connectivity index (χ2v) is 7.47. The van der Waals surface area contributed by atoms with Crippen LogP contribution in [-0.2, 0) is 6.54 Å². The van der Waals surface area contributed by atoms with Crippen molar-refractivity contribution in [3.63, 3.8) is 0 Å². The van der Waals surface area contributed by atoms with Crippen molar-refractivity contribution in [2.75, 3.05) is 0 Å². The van der Waals surface area contributed by atoms with E-state index in [2.05, 4.69) is 15.6 Å². The van der Waals surface area contributed by atoms with E-state index in [4.69, 9.17) is 5.73 Å². The third-order valence-corrected chi connectivity index (χ3v) is 5.63. The highest BCUT2D eigenvalue weighted by atomic mass is 16.2. The average Bonchev–Trinajstić information content (AvgIpc) is 3.05. The van der Waals surface area contributed by atoms with Gasteiger partial charge in [0.2, 0.25) is 0 Å². The van der Waals surface area contributed by atoms with Gasteiger partial charge in [-0.3, -0.25) is 4.79 Å². The summed E-state index contributed by atoms with van der Waals surface area (Å²) < 4.78 is 1.71. The minimum atomic E-state index is -0.114. The molecule has 0 radical (unpaired) electrons. The Labute approximate surface area is 147 Å². The van der Waals surface area contributed by atoms with Crippen LogP contribution in [0.2, 0.25) is 0 Å². The quantitative estimate of drug-likeness (QED) is 0.892. The van der Waals surface area contributed by atoms with Gasteiger partial charge in [-0.05, 0) is 43.1 Å². The normalized spacial score (nSPS) is 28.5. The van der Waals surface area contributed by atoms with Gasteiger partial charge in [-0.1, -0.05) is 42.0 Å². The van der Waals surface area contributed by atoms with Crippen LogP contribution in [0.5, 0.6) is 0 Å². The van der Waals surface area contributed by atoms with Crippen LogP contribution in [0.3, 0.4) is 0 Å². The Balaban J connectivity index is 1.42. The summed E-state index contributed by atoms with van der Waals surface area (Å²) in [6.45, 7) is 0.616. The predicted molar refractivity (Wildman–Crippen MR) is 94.9 cm³/mol. The highest BCUT2D eigenvalue weighted by Crippen LogP contribution is 2.39. The SMILES string of the molecule is NC1CC2CCCC(C1)C2NC(=O)c1cn(Cc2ccccc2)nn1. The molecular weight excluding hydrogens is 314 g/mol. The number of rotatable bonds is 4. The standard InChI is InChI=1S/C19H25N5O/c20-16-9-14-7-4-8-15(10-16)18(14)21-19(25)17-12-24(23-22-17)11-13-5-2-1-3-6-13/h1-3,5-6,12,14-16,18H,4,7-11,20H2,(H,21,25). The number of nitrogens with two attached hydrogens (primary N) is 1. The first-order valence-electron chi connectivity index (χ1n) is 9.19. The summed E-state index contributed by atoms with van der Waals surface area (Å²) in [5.74, 6) is 0.897. The Bertz CT molecular complexity index is 714. The number of fused-ring (bicyclic) bond motifs is 2. The first-order valence-corrected chi connectivity index (χ1v) is 9.19. The van der Waals surface area contributed by atoms with Gasteiger partial charge in [0, 0.05) is 12.1 Å². The van der Waals surface area contributed by atoms with Crippen molar-refractivity contribution in [1.29, 1.82) is 0 Å². The van der Waals surface area contributed by atoms with Crippen molar-refractivity contribution < 1.29 is 4.79 Å². The molecule has 2 aromatic rings. The van der Waals surface area contributed by atoms with Crippen molar-refractivity contribution in [3.05, 3.63) is 47.8 Å². The van der Waals surface area contributed by atoms with Gasteiger partial charge in [-0.25, -0.2) is 4.68 Å². The van der Waals surface area contributed by atoms with Gasteiger partial charge in [0.1, 0.15) is 0 Å². The van der Waals surface area contributed by atoms with Gasteiger partial charge in [0.25, 0.3) is 5.91 Å².